The number of aromatic nitrogens is 1. The van der Waals surface area contributed by atoms with E-state index in [1.807, 2.05) is 31.3 Å². The largest absolute Gasteiger partial charge is 0.488 e. The summed E-state index contributed by atoms with van der Waals surface area (Å²) in [7, 11) is 0. The van der Waals surface area contributed by atoms with Gasteiger partial charge in [0.2, 0.25) is 5.78 Å². The van der Waals surface area contributed by atoms with Crippen molar-refractivity contribution in [2.45, 2.75) is 27.0 Å². The van der Waals surface area contributed by atoms with Gasteiger partial charge in [-0.25, -0.2) is 4.39 Å². The van der Waals surface area contributed by atoms with Crippen molar-refractivity contribution in [2.24, 2.45) is 0 Å². The summed E-state index contributed by atoms with van der Waals surface area (Å²) in [5.41, 5.74) is 3.74. The quantitative estimate of drug-likeness (QED) is 0.351. The fourth-order valence-corrected chi connectivity index (χ4v) is 4.09. The van der Waals surface area contributed by atoms with Crippen LogP contribution in [0.25, 0.3) is 17.0 Å². The second-order valence-corrected chi connectivity index (χ2v) is 7.77. The Balaban J connectivity index is 1.45. The summed E-state index contributed by atoms with van der Waals surface area (Å²) in [6.45, 7) is 4.86. The van der Waals surface area contributed by atoms with Gasteiger partial charge in [-0.3, -0.25) is 4.79 Å². The number of fused-ring (bicyclic) bond motifs is 2. The molecule has 3 aromatic carbocycles. The summed E-state index contributed by atoms with van der Waals surface area (Å²) < 4.78 is 27.9. The lowest BCUT2D eigenvalue weighted by molar-refractivity contribution is 0.101. The molecule has 0 spiro atoms. The van der Waals surface area contributed by atoms with Gasteiger partial charge in [0, 0.05) is 40.3 Å². The first-order valence-electron chi connectivity index (χ1n) is 10.6. The predicted octanol–water partition coefficient (Wildman–Crippen LogP) is 6.30. The number of ketones is 1. The fraction of sp³-hybridized carbons (Fsp3) is 0.148. The lowest BCUT2D eigenvalue weighted by Crippen LogP contribution is -2.00. The number of hydrogen-bond acceptors (Lipinski definition) is 3. The van der Waals surface area contributed by atoms with Crippen molar-refractivity contribution in [3.63, 3.8) is 0 Å². The van der Waals surface area contributed by atoms with E-state index in [0.29, 0.717) is 28.2 Å². The van der Waals surface area contributed by atoms with Crippen molar-refractivity contribution in [2.75, 3.05) is 0 Å². The molecule has 1 aromatic heterocycles. The van der Waals surface area contributed by atoms with Gasteiger partial charge in [-0.05, 0) is 44.2 Å². The van der Waals surface area contributed by atoms with Crippen molar-refractivity contribution in [1.29, 1.82) is 0 Å². The highest BCUT2D eigenvalue weighted by atomic mass is 19.1. The number of Topliss-reactive ketones (excluding diaryl/α,β-unsaturated/α-hetero) is 1. The van der Waals surface area contributed by atoms with Crippen LogP contribution in [0.5, 0.6) is 11.5 Å². The van der Waals surface area contributed by atoms with E-state index in [2.05, 4.69) is 17.6 Å². The molecule has 1 aliphatic heterocycles. The van der Waals surface area contributed by atoms with Crippen LogP contribution in [0, 0.1) is 12.7 Å². The monoisotopic (exact) mass is 427 g/mol. The lowest BCUT2D eigenvalue weighted by Gasteiger charge is -2.12. The molecular weight excluding hydrogens is 405 g/mol. The molecule has 5 rings (SSSR count). The van der Waals surface area contributed by atoms with Crippen molar-refractivity contribution in [3.8, 4) is 11.5 Å². The summed E-state index contributed by atoms with van der Waals surface area (Å²) >= 11 is 0. The van der Waals surface area contributed by atoms with Crippen molar-refractivity contribution in [3.05, 3.63) is 101 Å². The Hall–Kier alpha value is -3.86. The number of carbonyl (C=O) groups is 1. The van der Waals surface area contributed by atoms with Gasteiger partial charge >= 0.3 is 0 Å². The predicted molar refractivity (Wildman–Crippen MR) is 122 cm³/mol. The van der Waals surface area contributed by atoms with Gasteiger partial charge in [0.05, 0.1) is 5.56 Å². The van der Waals surface area contributed by atoms with Crippen molar-refractivity contribution >= 4 is 22.8 Å². The Kier molecular flexibility index (Phi) is 5.02. The van der Waals surface area contributed by atoms with Crippen LogP contribution in [0.4, 0.5) is 4.39 Å². The van der Waals surface area contributed by atoms with Crippen LogP contribution in [0.1, 0.15) is 34.0 Å². The Bertz CT molecular complexity index is 1380. The summed E-state index contributed by atoms with van der Waals surface area (Å²) in [6.07, 6.45) is 3.84. The number of ether oxygens (including phenoxy) is 2. The Morgan fingerprint density at radius 1 is 1.06 bits per heavy atom. The third kappa shape index (κ3) is 3.36. The molecule has 0 N–H and O–H groups in total. The first-order valence-corrected chi connectivity index (χ1v) is 10.6. The second kappa shape index (κ2) is 8.00. The van der Waals surface area contributed by atoms with E-state index in [0.717, 1.165) is 23.0 Å². The number of allylic oxidation sites excluding steroid dienone is 1. The maximum absolute atomic E-state index is 13.9. The molecular formula is C27H22FNO3. The van der Waals surface area contributed by atoms with Gasteiger partial charge in [-0.15, -0.1) is 0 Å². The zero-order chi connectivity index (χ0) is 22.2. The molecule has 0 fully saturated rings. The summed E-state index contributed by atoms with van der Waals surface area (Å²) in [6, 6.07) is 18.0. The van der Waals surface area contributed by atoms with Crippen molar-refractivity contribution in [1.82, 2.24) is 4.57 Å². The molecule has 160 valence electrons. The van der Waals surface area contributed by atoms with Crippen LogP contribution in [-0.4, -0.2) is 10.4 Å². The average Bonchev–Trinajstić information content (AvgIpc) is 3.33. The maximum Gasteiger partial charge on any atom is 0.231 e. The highest BCUT2D eigenvalue weighted by Gasteiger charge is 2.30. The number of benzene rings is 3. The molecule has 0 radical (unpaired) electrons. The van der Waals surface area contributed by atoms with Gasteiger partial charge < -0.3 is 14.0 Å². The highest BCUT2D eigenvalue weighted by molar-refractivity contribution is 6.15. The second-order valence-electron chi connectivity index (χ2n) is 7.77. The molecule has 0 amide bonds. The number of rotatable bonds is 5. The molecule has 4 aromatic rings. The molecule has 0 saturated heterocycles. The number of halogens is 1. The van der Waals surface area contributed by atoms with Crippen LogP contribution < -0.4 is 9.47 Å². The summed E-state index contributed by atoms with van der Waals surface area (Å²) in [5.74, 6) is 0.870. The highest BCUT2D eigenvalue weighted by Crippen LogP contribution is 2.40. The standard InChI is InChI=1S/C27H22FNO3/c1-3-29-15-19(20-9-5-7-11-23(20)29)14-25-26(30)21-12-13-24(17(2)27(21)32-25)31-16-18-8-4-6-10-22(18)28/h4-15H,3,16H2,1-2H3. The van der Waals surface area contributed by atoms with E-state index in [1.165, 1.54) is 6.07 Å². The molecule has 4 nitrogen and oxygen atoms in total. The maximum atomic E-state index is 13.9. The van der Waals surface area contributed by atoms with Gasteiger partial charge in [0.15, 0.2) is 5.76 Å². The molecule has 1 aliphatic rings. The fourth-order valence-electron chi connectivity index (χ4n) is 4.09. The van der Waals surface area contributed by atoms with Crippen LogP contribution in [-0.2, 0) is 13.2 Å². The van der Waals surface area contributed by atoms with Crippen LogP contribution >= 0.6 is 0 Å². The molecule has 0 aliphatic carbocycles. The average molecular weight is 427 g/mol. The molecule has 0 saturated carbocycles. The van der Waals surface area contributed by atoms with E-state index < -0.39 is 0 Å². The number of para-hydroxylation sites is 1. The SMILES string of the molecule is CCn1cc(C=C2Oc3c(ccc(OCc4ccccc4F)c3C)C2=O)c2ccccc21. The third-order valence-electron chi connectivity index (χ3n) is 5.82. The molecule has 32 heavy (non-hydrogen) atoms. The zero-order valence-corrected chi connectivity index (χ0v) is 17.9. The summed E-state index contributed by atoms with van der Waals surface area (Å²) in [5, 5.41) is 1.07. The zero-order valence-electron chi connectivity index (χ0n) is 17.9. The normalized spacial score (nSPS) is 14.1. The van der Waals surface area contributed by atoms with E-state index in [-0.39, 0.29) is 24.0 Å². The van der Waals surface area contributed by atoms with E-state index in [1.54, 1.807) is 36.4 Å². The molecule has 2 heterocycles. The van der Waals surface area contributed by atoms with Gasteiger partial charge in [0.1, 0.15) is 23.9 Å². The third-order valence-corrected chi connectivity index (χ3v) is 5.82. The van der Waals surface area contributed by atoms with E-state index >= 15 is 0 Å². The topological polar surface area (TPSA) is 40.5 Å². The minimum atomic E-state index is -0.311. The number of aryl methyl sites for hydroxylation is 1. The Morgan fingerprint density at radius 2 is 1.84 bits per heavy atom. The minimum Gasteiger partial charge on any atom is -0.488 e. The minimum absolute atomic E-state index is 0.0967. The van der Waals surface area contributed by atoms with Crippen molar-refractivity contribution < 1.29 is 18.7 Å². The van der Waals surface area contributed by atoms with E-state index in [9.17, 15) is 9.18 Å². The van der Waals surface area contributed by atoms with Crippen LogP contribution in [0.3, 0.4) is 0 Å². The first kappa shape index (κ1) is 20.1. The number of nitrogens with zero attached hydrogens (tertiary/aromatic N) is 1. The van der Waals surface area contributed by atoms with Gasteiger partial charge in [-0.2, -0.15) is 0 Å². The first-order chi connectivity index (χ1) is 15.6. The summed E-state index contributed by atoms with van der Waals surface area (Å²) in [4.78, 5) is 13.0. The molecule has 5 heteroatoms. The van der Waals surface area contributed by atoms with E-state index in [4.69, 9.17) is 9.47 Å². The lowest BCUT2D eigenvalue weighted by atomic mass is 10.1. The van der Waals surface area contributed by atoms with Gasteiger partial charge in [0.25, 0.3) is 0 Å². The number of carbonyl (C=O) groups excluding carboxylic acids is 1. The molecule has 0 atom stereocenters. The van der Waals surface area contributed by atoms with Crippen LogP contribution in [0.2, 0.25) is 0 Å². The van der Waals surface area contributed by atoms with Crippen LogP contribution in [0.15, 0.2) is 72.6 Å². The molecule has 0 unspecified atom stereocenters. The van der Waals surface area contributed by atoms with Gasteiger partial charge in [-0.1, -0.05) is 36.4 Å². The Labute approximate surface area is 185 Å². The smallest absolute Gasteiger partial charge is 0.231 e. The molecule has 0 bridgehead atoms. The Morgan fingerprint density at radius 3 is 2.66 bits per heavy atom. The number of hydrogen-bond donors (Lipinski definition) is 0.